The van der Waals surface area contributed by atoms with E-state index in [1.54, 1.807) is 11.0 Å². The number of rotatable bonds is 5. The number of benzene rings is 1. The standard InChI is InChI=1S/C21H28N4O/c1-3-25(18-13-9-6-10-14-18)21(26)19-15-20(23-16(2)22-19)24-17-11-7-4-5-8-12-17/h6,9-10,13-15,17H,3-5,7-8,11-12H2,1-2H3,(H,22,23,24). The summed E-state index contributed by atoms with van der Waals surface area (Å²) in [6.07, 6.45) is 7.46. The topological polar surface area (TPSA) is 58.1 Å². The van der Waals surface area contributed by atoms with Crippen molar-refractivity contribution in [1.82, 2.24) is 9.97 Å². The Morgan fingerprint density at radius 3 is 2.46 bits per heavy atom. The molecule has 2 aromatic rings. The van der Waals surface area contributed by atoms with Gasteiger partial charge in [-0.15, -0.1) is 0 Å². The minimum Gasteiger partial charge on any atom is -0.367 e. The lowest BCUT2D eigenvalue weighted by Crippen LogP contribution is -2.31. The Morgan fingerprint density at radius 2 is 1.81 bits per heavy atom. The van der Waals surface area contributed by atoms with E-state index in [4.69, 9.17) is 0 Å². The highest BCUT2D eigenvalue weighted by Crippen LogP contribution is 2.22. The number of anilines is 2. The third kappa shape index (κ3) is 4.59. The van der Waals surface area contributed by atoms with Crippen LogP contribution in [0.1, 0.15) is 61.8 Å². The van der Waals surface area contributed by atoms with Gasteiger partial charge in [-0.3, -0.25) is 4.79 Å². The molecule has 1 aliphatic carbocycles. The first-order valence-electron chi connectivity index (χ1n) is 9.66. The van der Waals surface area contributed by atoms with Gasteiger partial charge >= 0.3 is 0 Å². The van der Waals surface area contributed by atoms with Gasteiger partial charge in [0.15, 0.2) is 0 Å². The lowest BCUT2D eigenvalue weighted by atomic mass is 10.1. The molecule has 1 aromatic carbocycles. The third-order valence-electron chi connectivity index (χ3n) is 4.89. The fraction of sp³-hybridized carbons (Fsp3) is 0.476. The number of carbonyl (C=O) groups is 1. The van der Waals surface area contributed by atoms with Crippen LogP contribution in [0, 0.1) is 6.92 Å². The Morgan fingerprint density at radius 1 is 1.12 bits per heavy atom. The number of aryl methyl sites for hydroxylation is 1. The van der Waals surface area contributed by atoms with Crippen LogP contribution in [0.5, 0.6) is 0 Å². The number of nitrogens with one attached hydrogen (secondary N) is 1. The monoisotopic (exact) mass is 352 g/mol. The molecule has 0 bridgehead atoms. The summed E-state index contributed by atoms with van der Waals surface area (Å²) in [6.45, 7) is 4.41. The number of amides is 1. The highest BCUT2D eigenvalue weighted by molar-refractivity contribution is 6.05. The van der Waals surface area contributed by atoms with Crippen molar-refractivity contribution in [3.8, 4) is 0 Å². The molecule has 1 aromatic heterocycles. The van der Waals surface area contributed by atoms with E-state index in [9.17, 15) is 4.79 Å². The van der Waals surface area contributed by atoms with Crippen LogP contribution in [-0.2, 0) is 0 Å². The summed E-state index contributed by atoms with van der Waals surface area (Å²) in [4.78, 5) is 23.7. The molecular formula is C21H28N4O. The van der Waals surface area contributed by atoms with E-state index in [-0.39, 0.29) is 5.91 Å². The minimum atomic E-state index is -0.0897. The normalized spacial score (nSPS) is 15.3. The molecule has 5 heteroatoms. The van der Waals surface area contributed by atoms with Crippen molar-refractivity contribution in [2.75, 3.05) is 16.8 Å². The summed E-state index contributed by atoms with van der Waals surface area (Å²) >= 11 is 0. The summed E-state index contributed by atoms with van der Waals surface area (Å²) < 4.78 is 0. The van der Waals surface area contributed by atoms with Crippen molar-refractivity contribution >= 4 is 17.4 Å². The summed E-state index contributed by atoms with van der Waals surface area (Å²) in [7, 11) is 0. The molecule has 26 heavy (non-hydrogen) atoms. The molecule has 5 nitrogen and oxygen atoms in total. The molecule has 0 spiro atoms. The molecule has 0 atom stereocenters. The van der Waals surface area contributed by atoms with Crippen LogP contribution in [0.2, 0.25) is 0 Å². The number of aromatic nitrogens is 2. The first-order valence-corrected chi connectivity index (χ1v) is 9.66. The fourth-order valence-electron chi connectivity index (χ4n) is 3.57. The van der Waals surface area contributed by atoms with Gasteiger partial charge in [-0.1, -0.05) is 43.9 Å². The molecule has 1 N–H and O–H groups in total. The van der Waals surface area contributed by atoms with Crippen molar-refractivity contribution in [3.05, 3.63) is 47.9 Å². The molecule has 1 aliphatic rings. The van der Waals surface area contributed by atoms with Gasteiger partial charge in [0, 0.05) is 24.3 Å². The summed E-state index contributed by atoms with van der Waals surface area (Å²) in [5.41, 5.74) is 1.33. The van der Waals surface area contributed by atoms with Gasteiger partial charge in [-0.05, 0) is 38.8 Å². The lowest BCUT2D eigenvalue weighted by molar-refractivity contribution is 0.0983. The van der Waals surface area contributed by atoms with Gasteiger partial charge < -0.3 is 10.2 Å². The zero-order valence-electron chi connectivity index (χ0n) is 15.7. The average molecular weight is 352 g/mol. The van der Waals surface area contributed by atoms with E-state index >= 15 is 0 Å². The largest absolute Gasteiger partial charge is 0.367 e. The molecule has 0 saturated heterocycles. The number of carbonyl (C=O) groups excluding carboxylic acids is 1. The second-order valence-corrected chi connectivity index (χ2v) is 6.90. The predicted molar refractivity (Wildman–Crippen MR) is 106 cm³/mol. The van der Waals surface area contributed by atoms with Crippen molar-refractivity contribution < 1.29 is 4.79 Å². The molecule has 138 valence electrons. The smallest absolute Gasteiger partial charge is 0.277 e. The van der Waals surface area contributed by atoms with Crippen LogP contribution in [0.15, 0.2) is 36.4 Å². The van der Waals surface area contributed by atoms with Gasteiger partial charge in [0.2, 0.25) is 0 Å². The second kappa shape index (κ2) is 8.79. The molecule has 0 aliphatic heterocycles. The predicted octanol–water partition coefficient (Wildman–Crippen LogP) is 4.59. The van der Waals surface area contributed by atoms with Crippen LogP contribution in [0.25, 0.3) is 0 Å². The average Bonchev–Trinajstić information content (AvgIpc) is 2.91. The lowest BCUT2D eigenvalue weighted by Gasteiger charge is -2.22. The number of nitrogens with zero attached hydrogens (tertiary/aromatic N) is 3. The van der Waals surface area contributed by atoms with E-state index in [2.05, 4.69) is 15.3 Å². The van der Waals surface area contributed by atoms with Crippen LogP contribution in [0.4, 0.5) is 11.5 Å². The molecule has 0 unspecified atom stereocenters. The van der Waals surface area contributed by atoms with Crippen LogP contribution in [-0.4, -0.2) is 28.5 Å². The first kappa shape index (κ1) is 18.4. The van der Waals surface area contributed by atoms with E-state index in [1.807, 2.05) is 44.2 Å². The van der Waals surface area contributed by atoms with E-state index in [1.165, 1.54) is 25.7 Å². The van der Waals surface area contributed by atoms with Crippen LogP contribution < -0.4 is 10.2 Å². The van der Waals surface area contributed by atoms with Gasteiger partial charge in [0.25, 0.3) is 5.91 Å². The van der Waals surface area contributed by atoms with Gasteiger partial charge in [-0.25, -0.2) is 9.97 Å². The molecule has 3 rings (SSSR count). The fourth-order valence-corrected chi connectivity index (χ4v) is 3.57. The molecule has 1 heterocycles. The summed E-state index contributed by atoms with van der Waals surface area (Å²) in [5.74, 6) is 1.29. The van der Waals surface area contributed by atoms with Crippen LogP contribution in [0.3, 0.4) is 0 Å². The maximum absolute atomic E-state index is 13.0. The van der Waals surface area contributed by atoms with Crippen molar-refractivity contribution in [1.29, 1.82) is 0 Å². The number of hydrogen-bond donors (Lipinski definition) is 1. The Hall–Kier alpha value is -2.43. The van der Waals surface area contributed by atoms with E-state index in [0.29, 0.717) is 24.1 Å². The highest BCUT2D eigenvalue weighted by atomic mass is 16.2. The maximum atomic E-state index is 13.0. The SMILES string of the molecule is CCN(C(=O)c1cc(NC2CCCCCC2)nc(C)n1)c1ccccc1. The summed E-state index contributed by atoms with van der Waals surface area (Å²) in [6, 6.07) is 12.0. The van der Waals surface area contributed by atoms with Crippen molar-refractivity contribution in [2.45, 2.75) is 58.4 Å². The number of hydrogen-bond acceptors (Lipinski definition) is 4. The molecule has 0 radical (unpaired) electrons. The Balaban J connectivity index is 1.80. The first-order chi connectivity index (χ1) is 12.7. The zero-order chi connectivity index (χ0) is 18.4. The highest BCUT2D eigenvalue weighted by Gasteiger charge is 2.20. The molecule has 1 saturated carbocycles. The minimum absolute atomic E-state index is 0.0897. The maximum Gasteiger partial charge on any atom is 0.277 e. The Bertz CT molecular complexity index is 724. The Labute approximate surface area is 155 Å². The Kier molecular flexibility index (Phi) is 6.21. The second-order valence-electron chi connectivity index (χ2n) is 6.90. The van der Waals surface area contributed by atoms with E-state index < -0.39 is 0 Å². The van der Waals surface area contributed by atoms with Crippen molar-refractivity contribution in [2.24, 2.45) is 0 Å². The number of para-hydroxylation sites is 1. The molecular weight excluding hydrogens is 324 g/mol. The third-order valence-corrected chi connectivity index (χ3v) is 4.89. The van der Waals surface area contributed by atoms with Gasteiger partial charge in [0.1, 0.15) is 17.3 Å². The molecule has 1 amide bonds. The summed E-state index contributed by atoms with van der Waals surface area (Å²) in [5, 5.41) is 3.53. The quantitative estimate of drug-likeness (QED) is 0.800. The molecule has 1 fully saturated rings. The zero-order valence-corrected chi connectivity index (χ0v) is 15.7. The van der Waals surface area contributed by atoms with E-state index in [0.717, 1.165) is 24.3 Å². The van der Waals surface area contributed by atoms with Crippen molar-refractivity contribution in [3.63, 3.8) is 0 Å². The van der Waals surface area contributed by atoms with Gasteiger partial charge in [-0.2, -0.15) is 0 Å². The van der Waals surface area contributed by atoms with Gasteiger partial charge in [0.05, 0.1) is 0 Å². The van der Waals surface area contributed by atoms with Crippen LogP contribution >= 0.6 is 0 Å².